The third-order valence-electron chi connectivity index (χ3n) is 3.87. The fourth-order valence-electron chi connectivity index (χ4n) is 2.69. The number of hydrogen-bond donors (Lipinski definition) is 0. The van der Waals surface area contributed by atoms with Crippen molar-refractivity contribution in [3.8, 4) is 22.4 Å². The fourth-order valence-corrected chi connectivity index (χ4v) is 3.56. The lowest BCUT2D eigenvalue weighted by Crippen LogP contribution is -2.28. The predicted molar refractivity (Wildman–Crippen MR) is 95.9 cm³/mol. The van der Waals surface area contributed by atoms with Crippen molar-refractivity contribution in [3.63, 3.8) is 0 Å². The van der Waals surface area contributed by atoms with Crippen LogP contribution in [-0.2, 0) is 16.4 Å². The van der Waals surface area contributed by atoms with Gasteiger partial charge < -0.3 is 0 Å². The Morgan fingerprint density at radius 1 is 1.04 bits per heavy atom. The maximum absolute atomic E-state index is 13.3. The van der Waals surface area contributed by atoms with E-state index in [2.05, 4.69) is 9.97 Å². The third kappa shape index (κ3) is 3.28. The van der Waals surface area contributed by atoms with Gasteiger partial charge >= 0.3 is 0 Å². The van der Waals surface area contributed by atoms with E-state index in [1.165, 1.54) is 36.7 Å². The molecule has 2 aromatic heterocycles. The van der Waals surface area contributed by atoms with E-state index in [0.717, 1.165) is 10.8 Å². The van der Waals surface area contributed by atoms with Gasteiger partial charge in [-0.1, -0.05) is 12.1 Å². The van der Waals surface area contributed by atoms with Crippen molar-refractivity contribution < 1.29 is 12.8 Å². The second-order valence-electron chi connectivity index (χ2n) is 5.68. The van der Waals surface area contributed by atoms with Crippen molar-refractivity contribution >= 4 is 9.84 Å². The molecule has 0 saturated heterocycles. The van der Waals surface area contributed by atoms with Crippen molar-refractivity contribution in [2.24, 2.45) is 0 Å². The molecule has 0 bridgehead atoms. The van der Waals surface area contributed by atoms with Crippen LogP contribution in [0.25, 0.3) is 22.4 Å². The van der Waals surface area contributed by atoms with Crippen molar-refractivity contribution in [2.75, 3.05) is 6.26 Å². The number of benzene rings is 1. The average Bonchev–Trinajstić information content (AvgIpc) is 2.62. The topological polar surface area (TPSA) is 81.9 Å². The minimum absolute atomic E-state index is 0.138. The SMILES string of the molecule is CCn1c(S(C)(=O)=O)nc(-c2ccncc2)c(-c2ccc(F)cc2)c1=O. The van der Waals surface area contributed by atoms with E-state index in [0.29, 0.717) is 11.1 Å². The molecule has 0 spiro atoms. The standard InChI is InChI=1S/C18H16FN3O3S/c1-3-22-17(23)15(12-4-6-14(19)7-5-12)16(13-8-10-20-11-9-13)21-18(22)26(2,24)25/h4-11H,3H2,1-2H3. The number of rotatable bonds is 4. The summed E-state index contributed by atoms with van der Waals surface area (Å²) in [7, 11) is -3.73. The first-order chi connectivity index (χ1) is 12.3. The van der Waals surface area contributed by atoms with Crippen LogP contribution in [0.1, 0.15) is 6.92 Å². The number of aromatic nitrogens is 3. The van der Waals surface area contributed by atoms with Gasteiger partial charge in [-0.25, -0.2) is 17.8 Å². The summed E-state index contributed by atoms with van der Waals surface area (Å²) in [6, 6.07) is 8.70. The quantitative estimate of drug-likeness (QED) is 0.657. The van der Waals surface area contributed by atoms with Crippen molar-refractivity contribution in [1.29, 1.82) is 0 Å². The molecule has 0 amide bonds. The molecule has 0 aliphatic heterocycles. The molecular formula is C18H16FN3O3S. The molecule has 0 N–H and O–H groups in total. The maximum Gasteiger partial charge on any atom is 0.262 e. The average molecular weight is 373 g/mol. The van der Waals surface area contributed by atoms with E-state index in [-0.39, 0.29) is 23.0 Å². The fraction of sp³-hybridized carbons (Fsp3) is 0.167. The van der Waals surface area contributed by atoms with Crippen LogP contribution < -0.4 is 5.56 Å². The van der Waals surface area contributed by atoms with Crippen LogP contribution in [0, 0.1) is 5.82 Å². The summed E-state index contributed by atoms with van der Waals surface area (Å²) in [5.74, 6) is -0.434. The Kier molecular flexibility index (Phi) is 4.69. The number of halogens is 1. The van der Waals surface area contributed by atoms with Crippen LogP contribution in [0.4, 0.5) is 4.39 Å². The monoisotopic (exact) mass is 373 g/mol. The Morgan fingerprint density at radius 3 is 2.19 bits per heavy atom. The van der Waals surface area contributed by atoms with Gasteiger partial charge in [-0.15, -0.1) is 0 Å². The summed E-state index contributed by atoms with van der Waals surface area (Å²) in [6.07, 6.45) is 4.06. The van der Waals surface area contributed by atoms with Gasteiger partial charge in [0.15, 0.2) is 0 Å². The van der Waals surface area contributed by atoms with Crippen LogP contribution in [0.5, 0.6) is 0 Å². The molecule has 0 fully saturated rings. The van der Waals surface area contributed by atoms with E-state index in [4.69, 9.17) is 0 Å². The van der Waals surface area contributed by atoms with Gasteiger partial charge in [0.05, 0.1) is 11.3 Å². The molecule has 0 unspecified atom stereocenters. The molecule has 0 radical (unpaired) electrons. The highest BCUT2D eigenvalue weighted by molar-refractivity contribution is 7.90. The second-order valence-corrected chi connectivity index (χ2v) is 7.59. The zero-order chi connectivity index (χ0) is 18.9. The van der Waals surface area contributed by atoms with Crippen molar-refractivity contribution in [3.05, 3.63) is 65.0 Å². The molecule has 0 aliphatic rings. The molecule has 26 heavy (non-hydrogen) atoms. The van der Waals surface area contributed by atoms with Crippen molar-refractivity contribution in [1.82, 2.24) is 14.5 Å². The lowest BCUT2D eigenvalue weighted by molar-refractivity contribution is 0.557. The summed E-state index contributed by atoms with van der Waals surface area (Å²) in [5.41, 5.74) is 0.934. The summed E-state index contributed by atoms with van der Waals surface area (Å²) in [4.78, 5) is 21.3. The maximum atomic E-state index is 13.3. The van der Waals surface area contributed by atoms with Crippen molar-refractivity contribution in [2.45, 2.75) is 18.6 Å². The smallest absolute Gasteiger partial charge is 0.262 e. The predicted octanol–water partition coefficient (Wildman–Crippen LogP) is 2.53. The highest BCUT2D eigenvalue weighted by Gasteiger charge is 2.23. The van der Waals surface area contributed by atoms with E-state index < -0.39 is 21.2 Å². The molecule has 0 aliphatic carbocycles. The molecular weight excluding hydrogens is 357 g/mol. The van der Waals surface area contributed by atoms with E-state index in [1.807, 2.05) is 0 Å². The van der Waals surface area contributed by atoms with Crippen LogP contribution in [-0.4, -0.2) is 29.2 Å². The summed E-state index contributed by atoms with van der Waals surface area (Å²) >= 11 is 0. The lowest BCUT2D eigenvalue weighted by atomic mass is 10.0. The normalized spacial score (nSPS) is 11.5. The van der Waals surface area contributed by atoms with Crippen LogP contribution in [0.15, 0.2) is 58.7 Å². The third-order valence-corrected chi connectivity index (χ3v) is 4.84. The molecule has 3 aromatic rings. The summed E-state index contributed by atoms with van der Waals surface area (Å²) < 4.78 is 38.7. The van der Waals surface area contributed by atoms with Gasteiger partial charge in [0.1, 0.15) is 5.82 Å². The highest BCUT2D eigenvalue weighted by atomic mass is 32.2. The zero-order valence-corrected chi connectivity index (χ0v) is 15.0. The van der Waals surface area contributed by atoms with Gasteiger partial charge in [0, 0.05) is 30.8 Å². The van der Waals surface area contributed by atoms with Gasteiger partial charge in [-0.3, -0.25) is 14.3 Å². The lowest BCUT2D eigenvalue weighted by Gasteiger charge is -2.15. The minimum atomic E-state index is -3.73. The number of sulfone groups is 1. The molecule has 8 heteroatoms. The first-order valence-electron chi connectivity index (χ1n) is 7.84. The summed E-state index contributed by atoms with van der Waals surface area (Å²) in [5, 5.41) is -0.303. The van der Waals surface area contributed by atoms with E-state index >= 15 is 0 Å². The number of hydrogen-bond acceptors (Lipinski definition) is 5. The summed E-state index contributed by atoms with van der Waals surface area (Å²) in [6.45, 7) is 1.80. The van der Waals surface area contributed by atoms with Crippen LogP contribution in [0.3, 0.4) is 0 Å². The highest BCUT2D eigenvalue weighted by Crippen LogP contribution is 2.28. The van der Waals surface area contributed by atoms with Gasteiger partial charge in [-0.2, -0.15) is 0 Å². The Hall–Kier alpha value is -2.87. The Labute approximate surface area is 149 Å². The number of pyridine rings is 1. The van der Waals surface area contributed by atoms with Gasteiger partial charge in [0.2, 0.25) is 15.0 Å². The Morgan fingerprint density at radius 2 is 1.65 bits per heavy atom. The molecule has 0 saturated carbocycles. The molecule has 6 nitrogen and oxygen atoms in total. The molecule has 2 heterocycles. The van der Waals surface area contributed by atoms with Crippen LogP contribution >= 0.6 is 0 Å². The van der Waals surface area contributed by atoms with E-state index in [1.54, 1.807) is 19.1 Å². The largest absolute Gasteiger partial charge is 0.283 e. The van der Waals surface area contributed by atoms with Gasteiger partial charge in [0.25, 0.3) is 5.56 Å². The van der Waals surface area contributed by atoms with Gasteiger partial charge in [-0.05, 0) is 36.8 Å². The second kappa shape index (κ2) is 6.80. The Bertz CT molecular complexity index is 1110. The minimum Gasteiger partial charge on any atom is -0.283 e. The van der Waals surface area contributed by atoms with Crippen LogP contribution in [0.2, 0.25) is 0 Å². The molecule has 1 aromatic carbocycles. The number of nitrogens with zero attached hydrogens (tertiary/aromatic N) is 3. The first kappa shape index (κ1) is 17.9. The Balaban J connectivity index is 2.45. The van der Waals surface area contributed by atoms with E-state index in [9.17, 15) is 17.6 Å². The molecule has 3 rings (SSSR count). The molecule has 134 valence electrons. The molecule has 0 atom stereocenters. The zero-order valence-electron chi connectivity index (χ0n) is 14.2. The first-order valence-corrected chi connectivity index (χ1v) is 9.73.